The fraction of sp³-hybridized carbons (Fsp3) is 0.0667. The van der Waals surface area contributed by atoms with Gasteiger partial charge in [0.2, 0.25) is 0 Å². The summed E-state index contributed by atoms with van der Waals surface area (Å²) in [4.78, 5) is 36.8. The van der Waals surface area contributed by atoms with Crippen LogP contribution in [-0.2, 0) is 13.2 Å². The lowest BCUT2D eigenvalue weighted by molar-refractivity contribution is -0.384. The van der Waals surface area contributed by atoms with E-state index in [0.717, 1.165) is 21.2 Å². The molecule has 0 aliphatic heterocycles. The van der Waals surface area contributed by atoms with Gasteiger partial charge < -0.3 is 15.4 Å². The zero-order chi connectivity index (χ0) is 27.2. The van der Waals surface area contributed by atoms with E-state index in [1.54, 1.807) is 18.2 Å². The van der Waals surface area contributed by atoms with Crippen molar-refractivity contribution in [3.05, 3.63) is 135 Å². The highest BCUT2D eigenvalue weighted by Crippen LogP contribution is 2.38. The third-order valence-corrected chi connectivity index (χ3v) is 7.09. The van der Waals surface area contributed by atoms with E-state index in [1.165, 1.54) is 35.6 Å². The smallest absolute Gasteiger partial charge is 0.270 e. The van der Waals surface area contributed by atoms with Crippen molar-refractivity contribution in [3.8, 4) is 5.75 Å². The first-order valence-electron chi connectivity index (χ1n) is 12.1. The number of non-ortho nitro benzene ring substituents is 1. The third kappa shape index (κ3) is 6.11. The Hall–Kier alpha value is -5.02. The van der Waals surface area contributed by atoms with Crippen LogP contribution in [0.3, 0.4) is 0 Å². The number of fused-ring (bicyclic) bond motifs is 1. The Bertz CT molecular complexity index is 1670. The Kier molecular flexibility index (Phi) is 7.60. The molecule has 0 spiro atoms. The highest BCUT2D eigenvalue weighted by Gasteiger charge is 2.20. The van der Waals surface area contributed by atoms with Crippen LogP contribution in [0.4, 0.5) is 11.4 Å². The van der Waals surface area contributed by atoms with E-state index in [4.69, 9.17) is 4.74 Å². The van der Waals surface area contributed by atoms with Gasteiger partial charge in [0.15, 0.2) is 5.75 Å². The predicted molar refractivity (Wildman–Crippen MR) is 151 cm³/mol. The van der Waals surface area contributed by atoms with Gasteiger partial charge in [-0.25, -0.2) is 0 Å². The molecule has 2 amide bonds. The monoisotopic (exact) mass is 537 g/mol. The lowest BCUT2D eigenvalue weighted by Gasteiger charge is -2.10. The van der Waals surface area contributed by atoms with E-state index in [0.29, 0.717) is 22.9 Å². The molecular formula is C30H23N3O5S. The minimum atomic E-state index is -0.547. The number of amides is 2. The summed E-state index contributed by atoms with van der Waals surface area (Å²) < 4.78 is 7.09. The molecule has 0 radical (unpaired) electrons. The van der Waals surface area contributed by atoms with Crippen LogP contribution in [0.1, 0.15) is 31.2 Å². The van der Waals surface area contributed by atoms with Gasteiger partial charge in [0.05, 0.1) is 4.92 Å². The average Bonchev–Trinajstić information content (AvgIpc) is 3.34. The second kappa shape index (κ2) is 11.6. The molecule has 1 heterocycles. The number of nitro groups is 1. The Labute approximate surface area is 228 Å². The zero-order valence-corrected chi connectivity index (χ0v) is 21.4. The number of hydrogen-bond donors (Lipinski definition) is 2. The average molecular weight is 538 g/mol. The molecule has 9 heteroatoms. The summed E-state index contributed by atoms with van der Waals surface area (Å²) in [6.45, 7) is 0.569. The van der Waals surface area contributed by atoms with Crippen molar-refractivity contribution in [3.63, 3.8) is 0 Å². The maximum Gasteiger partial charge on any atom is 0.270 e. The van der Waals surface area contributed by atoms with E-state index in [-0.39, 0.29) is 23.7 Å². The summed E-state index contributed by atoms with van der Waals surface area (Å²) >= 11 is 1.37. The number of anilines is 1. The number of ether oxygens (including phenoxy) is 1. The fourth-order valence-corrected chi connectivity index (χ4v) is 5.09. The van der Waals surface area contributed by atoms with Gasteiger partial charge >= 0.3 is 0 Å². The van der Waals surface area contributed by atoms with Crippen LogP contribution in [-0.4, -0.2) is 16.7 Å². The summed E-state index contributed by atoms with van der Waals surface area (Å²) in [5, 5.41) is 17.6. The molecule has 0 aliphatic rings. The minimum absolute atomic E-state index is 0.160. The highest BCUT2D eigenvalue weighted by atomic mass is 32.1. The molecule has 194 valence electrons. The molecule has 0 bridgehead atoms. The standard InChI is InChI=1S/C30H23N3O5S/c34-29(22-11-7-13-24(17-22)33(36)37)32-23-12-6-10-21(16-23)18-31-30(35)28-27(25-14-4-5-15-26(25)39-28)38-19-20-8-2-1-3-9-20/h1-17H,18-19H2,(H,31,35)(H,32,34). The van der Waals surface area contributed by atoms with Crippen LogP contribution in [0.2, 0.25) is 0 Å². The number of nitrogens with one attached hydrogen (secondary N) is 2. The van der Waals surface area contributed by atoms with Gasteiger partial charge in [-0.2, -0.15) is 0 Å². The molecule has 0 atom stereocenters. The largest absolute Gasteiger partial charge is 0.487 e. The molecule has 5 rings (SSSR count). The van der Waals surface area contributed by atoms with Crippen molar-refractivity contribution in [2.45, 2.75) is 13.2 Å². The number of hydrogen-bond acceptors (Lipinski definition) is 6. The van der Waals surface area contributed by atoms with Gasteiger partial charge in [-0.15, -0.1) is 11.3 Å². The summed E-state index contributed by atoms with van der Waals surface area (Å²) in [6.07, 6.45) is 0. The number of benzene rings is 4. The number of rotatable bonds is 9. The predicted octanol–water partition coefficient (Wildman–Crippen LogP) is 6.57. The Morgan fingerprint density at radius 2 is 1.56 bits per heavy atom. The first kappa shape index (κ1) is 25.6. The zero-order valence-electron chi connectivity index (χ0n) is 20.6. The fourth-order valence-electron chi connectivity index (χ4n) is 4.03. The van der Waals surface area contributed by atoms with Crippen LogP contribution in [0, 0.1) is 10.1 Å². The maximum absolute atomic E-state index is 13.2. The Morgan fingerprint density at radius 1 is 0.821 bits per heavy atom. The van der Waals surface area contributed by atoms with Gasteiger partial charge in [0, 0.05) is 40.0 Å². The van der Waals surface area contributed by atoms with Crippen molar-refractivity contribution in [1.82, 2.24) is 5.32 Å². The first-order valence-corrected chi connectivity index (χ1v) is 12.9. The van der Waals surface area contributed by atoms with Gasteiger partial charge in [0.1, 0.15) is 11.5 Å². The second-order valence-electron chi connectivity index (χ2n) is 8.68. The van der Waals surface area contributed by atoms with Crippen LogP contribution < -0.4 is 15.4 Å². The van der Waals surface area contributed by atoms with Crippen molar-refractivity contribution < 1.29 is 19.2 Å². The topological polar surface area (TPSA) is 111 Å². The number of nitrogens with zero attached hydrogens (tertiary/aromatic N) is 1. The molecule has 5 aromatic rings. The van der Waals surface area contributed by atoms with Gasteiger partial charge in [0.25, 0.3) is 17.5 Å². The van der Waals surface area contributed by atoms with Gasteiger partial charge in [-0.05, 0) is 41.5 Å². The van der Waals surface area contributed by atoms with Gasteiger partial charge in [-0.3, -0.25) is 19.7 Å². The van der Waals surface area contributed by atoms with Crippen molar-refractivity contribution >= 4 is 44.6 Å². The molecule has 1 aromatic heterocycles. The molecule has 0 saturated heterocycles. The molecule has 2 N–H and O–H groups in total. The van der Waals surface area contributed by atoms with E-state index in [1.807, 2.05) is 60.7 Å². The quantitative estimate of drug-likeness (QED) is 0.163. The summed E-state index contributed by atoms with van der Waals surface area (Å²) in [6, 6.07) is 30.1. The molecule has 0 aliphatic carbocycles. The third-order valence-electron chi connectivity index (χ3n) is 5.94. The molecule has 0 fully saturated rings. The van der Waals surface area contributed by atoms with E-state index < -0.39 is 10.8 Å². The van der Waals surface area contributed by atoms with Crippen LogP contribution in [0.5, 0.6) is 5.75 Å². The summed E-state index contributed by atoms with van der Waals surface area (Å²) in [5.41, 5.74) is 2.30. The molecular weight excluding hydrogens is 514 g/mol. The van der Waals surface area contributed by atoms with Crippen molar-refractivity contribution in [2.24, 2.45) is 0 Å². The molecule has 8 nitrogen and oxygen atoms in total. The van der Waals surface area contributed by atoms with Crippen molar-refractivity contribution in [2.75, 3.05) is 5.32 Å². The molecule has 0 unspecified atom stereocenters. The second-order valence-corrected chi connectivity index (χ2v) is 9.73. The summed E-state index contributed by atoms with van der Waals surface area (Å²) in [7, 11) is 0. The maximum atomic E-state index is 13.2. The number of carbonyl (C=O) groups is 2. The summed E-state index contributed by atoms with van der Waals surface area (Å²) in [5.74, 6) is -0.175. The molecule has 0 saturated carbocycles. The Morgan fingerprint density at radius 3 is 2.38 bits per heavy atom. The van der Waals surface area contributed by atoms with Crippen LogP contribution in [0.25, 0.3) is 10.1 Å². The Balaban J connectivity index is 1.28. The number of nitro benzene ring substituents is 1. The van der Waals surface area contributed by atoms with E-state index >= 15 is 0 Å². The number of thiophene rings is 1. The van der Waals surface area contributed by atoms with Crippen LogP contribution >= 0.6 is 11.3 Å². The lowest BCUT2D eigenvalue weighted by Crippen LogP contribution is -2.22. The normalized spacial score (nSPS) is 10.7. The van der Waals surface area contributed by atoms with E-state index in [2.05, 4.69) is 10.6 Å². The van der Waals surface area contributed by atoms with Crippen LogP contribution in [0.15, 0.2) is 103 Å². The SMILES string of the molecule is O=C(Nc1cccc(CNC(=O)c2sc3ccccc3c2OCc2ccccc2)c1)c1cccc([N+](=O)[O-])c1. The lowest BCUT2D eigenvalue weighted by atomic mass is 10.1. The molecule has 4 aromatic carbocycles. The van der Waals surface area contributed by atoms with Crippen molar-refractivity contribution in [1.29, 1.82) is 0 Å². The molecule has 39 heavy (non-hydrogen) atoms. The minimum Gasteiger partial charge on any atom is -0.487 e. The number of carbonyl (C=O) groups excluding carboxylic acids is 2. The first-order chi connectivity index (χ1) is 19.0. The highest BCUT2D eigenvalue weighted by molar-refractivity contribution is 7.21. The van der Waals surface area contributed by atoms with E-state index in [9.17, 15) is 19.7 Å². The van der Waals surface area contributed by atoms with Gasteiger partial charge in [-0.1, -0.05) is 60.7 Å².